The highest BCUT2D eigenvalue weighted by Crippen LogP contribution is 2.33. The molecule has 0 radical (unpaired) electrons. The van der Waals surface area contributed by atoms with Crippen LogP contribution in [0.15, 0.2) is 60.7 Å². The lowest BCUT2D eigenvalue weighted by Crippen LogP contribution is -2.52. The number of H-pyrrole nitrogens is 1. The third-order valence-electron chi connectivity index (χ3n) is 8.82. The van der Waals surface area contributed by atoms with Crippen molar-refractivity contribution in [2.45, 2.75) is 58.0 Å². The average Bonchev–Trinajstić information content (AvgIpc) is 3.64. The molecule has 14 heteroatoms. The zero-order chi connectivity index (χ0) is 33.5. The Morgan fingerprint density at radius 3 is 2.23 bits per heavy atom. The van der Waals surface area contributed by atoms with E-state index < -0.39 is 11.9 Å². The first kappa shape index (κ1) is 36.1. The summed E-state index contributed by atoms with van der Waals surface area (Å²) < 4.78 is 0. The summed E-state index contributed by atoms with van der Waals surface area (Å²) >= 11 is 0. The first-order chi connectivity index (χ1) is 22.7. The van der Waals surface area contributed by atoms with Crippen molar-refractivity contribution in [3.8, 4) is 22.5 Å². The fourth-order valence-electron chi connectivity index (χ4n) is 6.06. The molecule has 2 heterocycles. The van der Waals surface area contributed by atoms with Gasteiger partial charge in [-0.15, -0.1) is 22.6 Å². The molecule has 2 aromatic heterocycles. The largest absolute Gasteiger partial charge is 0.394 e. The number of aliphatic hydroxyl groups is 1. The first-order valence-corrected chi connectivity index (χ1v) is 15.8. The predicted octanol–water partition coefficient (Wildman–Crippen LogP) is 2.96. The van der Waals surface area contributed by atoms with E-state index in [4.69, 9.17) is 11.5 Å². The molecule has 48 heavy (non-hydrogen) atoms. The Bertz CT molecular complexity index is 1680. The van der Waals surface area contributed by atoms with E-state index in [2.05, 4.69) is 30.9 Å². The lowest BCUT2D eigenvalue weighted by atomic mass is 9.81. The van der Waals surface area contributed by atoms with E-state index in [9.17, 15) is 19.5 Å². The van der Waals surface area contributed by atoms with Crippen LogP contribution in [0.25, 0.3) is 22.5 Å². The summed E-state index contributed by atoms with van der Waals surface area (Å²) in [6, 6.07) is 17.0. The minimum atomic E-state index is -0.931. The second kappa shape index (κ2) is 16.4. The fraction of sp³-hybridized carbons (Fsp3) is 0.382. The van der Waals surface area contributed by atoms with Crippen LogP contribution in [0.1, 0.15) is 54.4 Å². The van der Waals surface area contributed by atoms with E-state index in [1.807, 2.05) is 37.3 Å². The van der Waals surface area contributed by atoms with Crippen molar-refractivity contribution >= 4 is 35.8 Å². The van der Waals surface area contributed by atoms with Crippen molar-refractivity contribution in [2.24, 2.45) is 23.3 Å². The maximum absolute atomic E-state index is 14.2. The van der Waals surface area contributed by atoms with Gasteiger partial charge in [0.05, 0.1) is 6.61 Å². The number of aryl methyl sites for hydroxylation is 1. The van der Waals surface area contributed by atoms with Crippen LogP contribution in [0.5, 0.6) is 0 Å². The molecule has 5 rings (SSSR count). The van der Waals surface area contributed by atoms with Crippen LogP contribution in [0, 0.1) is 18.8 Å². The van der Waals surface area contributed by atoms with Gasteiger partial charge in [-0.3, -0.25) is 19.3 Å². The van der Waals surface area contributed by atoms with E-state index in [1.165, 1.54) is 0 Å². The molecule has 0 unspecified atom stereocenters. The number of hydrogen-bond acceptors (Lipinski definition) is 9. The molecule has 0 bridgehead atoms. The number of halogens is 1. The number of tetrazole rings is 1. The zero-order valence-electron chi connectivity index (χ0n) is 27.0. The summed E-state index contributed by atoms with van der Waals surface area (Å²) in [5.74, 6) is -0.525. The van der Waals surface area contributed by atoms with E-state index in [-0.39, 0.29) is 54.9 Å². The van der Waals surface area contributed by atoms with Gasteiger partial charge in [0, 0.05) is 40.9 Å². The Labute approximate surface area is 285 Å². The Hall–Kier alpha value is -4.72. The molecule has 4 aromatic rings. The molecule has 1 saturated carbocycles. The number of aliphatic hydroxyl groups excluding tert-OH is 1. The average molecular weight is 676 g/mol. The number of anilines is 1. The molecule has 13 nitrogen and oxygen atoms in total. The number of nitrogens with two attached hydrogens (primary N) is 2. The standard InChI is InChI=1S/C34H41N9O4.ClH/c1-20(19-44)37-33(46)29-16-15-28(21(2)38-29)24-7-3-22(4-8-24)17-30(31(36)45)43(34(47)26-9-5-23(18-35)6-10-26)27-13-11-25(12-14-27)32-39-41-42-40-32;/h3-4,7-8,11-16,20,23,26,30,44H,5-6,9-10,17-19,35H2,1-2H3,(H2,36,45)(H,37,46)(H,39,40,41,42);1H/t20-,23?,26?,30+;/m1./s1. The van der Waals surface area contributed by atoms with E-state index in [0.29, 0.717) is 48.1 Å². The van der Waals surface area contributed by atoms with Crippen molar-refractivity contribution in [1.82, 2.24) is 30.9 Å². The van der Waals surface area contributed by atoms with Crippen molar-refractivity contribution in [3.63, 3.8) is 0 Å². The second-order valence-corrected chi connectivity index (χ2v) is 12.1. The summed E-state index contributed by atoms with van der Waals surface area (Å²) in [6.07, 6.45) is 3.34. The van der Waals surface area contributed by atoms with Gasteiger partial charge in [-0.05, 0) is 98.7 Å². The van der Waals surface area contributed by atoms with Gasteiger partial charge in [0.1, 0.15) is 11.7 Å². The van der Waals surface area contributed by atoms with Crippen LogP contribution in [-0.4, -0.2) is 73.7 Å². The Morgan fingerprint density at radius 2 is 1.67 bits per heavy atom. The number of hydrogen-bond donors (Lipinski definition) is 5. The zero-order valence-corrected chi connectivity index (χ0v) is 27.8. The van der Waals surface area contributed by atoms with Crippen molar-refractivity contribution < 1.29 is 19.5 Å². The van der Waals surface area contributed by atoms with Gasteiger partial charge in [-0.2, -0.15) is 5.21 Å². The maximum Gasteiger partial charge on any atom is 0.270 e. The van der Waals surface area contributed by atoms with E-state index in [0.717, 1.165) is 29.5 Å². The summed E-state index contributed by atoms with van der Waals surface area (Å²) in [5, 5.41) is 26.0. The maximum atomic E-state index is 14.2. The highest BCUT2D eigenvalue weighted by Gasteiger charge is 2.36. The summed E-state index contributed by atoms with van der Waals surface area (Å²) in [7, 11) is 0. The molecule has 0 spiro atoms. The molecule has 254 valence electrons. The number of rotatable bonds is 12. The molecule has 2 atom stereocenters. The molecule has 0 saturated heterocycles. The summed E-state index contributed by atoms with van der Waals surface area (Å²) in [4.78, 5) is 45.7. The minimum absolute atomic E-state index is 0. The quantitative estimate of drug-likeness (QED) is 0.149. The van der Waals surface area contributed by atoms with Gasteiger partial charge < -0.3 is 21.9 Å². The number of carbonyl (C=O) groups excluding carboxylic acids is 3. The molecular formula is C34H42ClN9O4. The van der Waals surface area contributed by atoms with E-state index >= 15 is 0 Å². The lowest BCUT2D eigenvalue weighted by Gasteiger charge is -2.35. The topological polar surface area (TPSA) is 206 Å². The number of primary amides is 1. The van der Waals surface area contributed by atoms with Gasteiger partial charge >= 0.3 is 0 Å². The Kier molecular flexibility index (Phi) is 12.3. The normalized spacial score (nSPS) is 17.1. The van der Waals surface area contributed by atoms with Gasteiger partial charge in [0.15, 0.2) is 0 Å². The number of benzene rings is 2. The monoisotopic (exact) mass is 675 g/mol. The molecule has 1 aliphatic rings. The second-order valence-electron chi connectivity index (χ2n) is 12.1. The highest BCUT2D eigenvalue weighted by molar-refractivity contribution is 6.02. The summed E-state index contributed by atoms with van der Waals surface area (Å²) in [5.41, 5.74) is 16.7. The van der Waals surface area contributed by atoms with Crippen LogP contribution >= 0.6 is 12.4 Å². The van der Waals surface area contributed by atoms with Crippen LogP contribution in [0.3, 0.4) is 0 Å². The van der Waals surface area contributed by atoms with Crippen molar-refractivity contribution in [2.75, 3.05) is 18.1 Å². The van der Waals surface area contributed by atoms with Crippen LogP contribution in [0.4, 0.5) is 5.69 Å². The summed E-state index contributed by atoms with van der Waals surface area (Å²) in [6.45, 7) is 3.97. The first-order valence-electron chi connectivity index (χ1n) is 15.8. The van der Waals surface area contributed by atoms with Gasteiger partial charge in [-0.25, -0.2) is 4.98 Å². The molecule has 1 aliphatic carbocycles. The number of aromatic amines is 1. The van der Waals surface area contributed by atoms with Gasteiger partial charge in [0.2, 0.25) is 17.6 Å². The number of carbonyl (C=O) groups is 3. The number of pyridine rings is 1. The smallest absolute Gasteiger partial charge is 0.270 e. The molecule has 1 fully saturated rings. The number of nitrogens with zero attached hydrogens (tertiary/aromatic N) is 5. The van der Waals surface area contributed by atoms with Crippen molar-refractivity contribution in [3.05, 3.63) is 77.6 Å². The molecule has 7 N–H and O–H groups in total. The highest BCUT2D eigenvalue weighted by atomic mass is 35.5. The predicted molar refractivity (Wildman–Crippen MR) is 184 cm³/mol. The molecular weight excluding hydrogens is 634 g/mol. The third-order valence-corrected chi connectivity index (χ3v) is 8.82. The number of aromatic nitrogens is 5. The van der Waals surface area contributed by atoms with Gasteiger partial charge in [0.25, 0.3) is 5.91 Å². The van der Waals surface area contributed by atoms with Crippen LogP contribution in [-0.2, 0) is 16.0 Å². The Morgan fingerprint density at radius 1 is 1.00 bits per heavy atom. The Balaban J connectivity index is 0.00000520. The van der Waals surface area contributed by atoms with Crippen LogP contribution < -0.4 is 21.7 Å². The number of amides is 3. The minimum Gasteiger partial charge on any atom is -0.394 e. The fourth-order valence-corrected chi connectivity index (χ4v) is 6.06. The van der Waals surface area contributed by atoms with Crippen LogP contribution in [0.2, 0.25) is 0 Å². The van der Waals surface area contributed by atoms with E-state index in [1.54, 1.807) is 42.2 Å². The van der Waals surface area contributed by atoms with Gasteiger partial charge in [-0.1, -0.05) is 30.3 Å². The number of nitrogens with one attached hydrogen (secondary N) is 2. The molecule has 2 aromatic carbocycles. The lowest BCUT2D eigenvalue weighted by molar-refractivity contribution is -0.127. The third kappa shape index (κ3) is 8.40. The molecule has 3 amide bonds. The SMILES string of the molecule is Cc1nc(C(=O)N[C@H](C)CO)ccc1-c1ccc(C[C@@H](C(N)=O)N(C(=O)C2CCC(CN)CC2)c2ccc(-c3nn[nH]n3)cc2)cc1.Cl. The van der Waals surface area contributed by atoms with Crippen molar-refractivity contribution in [1.29, 1.82) is 0 Å². The molecule has 0 aliphatic heterocycles.